The number of carbonyl (C=O) groups is 4. The van der Waals surface area contributed by atoms with Crippen molar-refractivity contribution in [2.45, 2.75) is 90.4 Å². The van der Waals surface area contributed by atoms with Crippen LogP contribution in [0.4, 0.5) is 9.59 Å². The average Bonchev–Trinajstić information content (AvgIpc) is 4.13. The molecule has 4 aliphatic heterocycles. The zero-order chi connectivity index (χ0) is 44.1. The maximum atomic E-state index is 14.2. The Morgan fingerprint density at radius 1 is 0.778 bits per heavy atom. The van der Waals surface area contributed by atoms with Gasteiger partial charge in [-0.2, -0.15) is 0 Å². The molecule has 0 radical (unpaired) electrons. The van der Waals surface area contributed by atoms with Crippen LogP contribution in [0.1, 0.15) is 94.8 Å². The average molecular weight is 859 g/mol. The van der Waals surface area contributed by atoms with Gasteiger partial charge in [0.15, 0.2) is 0 Å². The summed E-state index contributed by atoms with van der Waals surface area (Å²) in [7, 11) is 2.57. The summed E-state index contributed by atoms with van der Waals surface area (Å²) in [5.74, 6) is 2.52. The van der Waals surface area contributed by atoms with E-state index in [0.29, 0.717) is 43.4 Å². The van der Waals surface area contributed by atoms with Crippen LogP contribution in [-0.4, -0.2) is 86.6 Å². The van der Waals surface area contributed by atoms with E-state index >= 15 is 0 Å². The normalized spacial score (nSPS) is 20.6. The molecule has 4 N–H and O–H groups in total. The van der Waals surface area contributed by atoms with Gasteiger partial charge in [-0.15, -0.1) is 0 Å². The molecule has 0 aliphatic carbocycles. The number of hydrogen-bond donors (Lipinski definition) is 4. The van der Waals surface area contributed by atoms with E-state index in [1.807, 2.05) is 68.1 Å². The van der Waals surface area contributed by atoms with E-state index < -0.39 is 24.3 Å². The molecular weight excluding hydrogens is 805 g/mol. The Kier molecular flexibility index (Phi) is 11.1. The van der Waals surface area contributed by atoms with E-state index in [9.17, 15) is 19.2 Å². The molecule has 63 heavy (non-hydrogen) atoms. The van der Waals surface area contributed by atoms with Crippen molar-refractivity contribution in [1.29, 1.82) is 0 Å². The Morgan fingerprint density at radius 3 is 1.92 bits per heavy atom. The first kappa shape index (κ1) is 41.5. The third-order valence-electron chi connectivity index (χ3n) is 12.8. The number of methoxy groups -OCH3 is 2. The highest BCUT2D eigenvalue weighted by atomic mass is 16.5. The number of imidazole rings is 2. The van der Waals surface area contributed by atoms with Crippen LogP contribution in [0.25, 0.3) is 33.6 Å². The second-order valence-corrected chi connectivity index (χ2v) is 17.3. The van der Waals surface area contributed by atoms with Crippen LogP contribution in [-0.2, 0) is 32.3 Å². The van der Waals surface area contributed by atoms with E-state index in [4.69, 9.17) is 28.9 Å². The second-order valence-electron chi connectivity index (χ2n) is 17.3. The number of carbonyl (C=O) groups excluding carboxylic acids is 4. The lowest BCUT2D eigenvalue weighted by Gasteiger charge is -2.33. The van der Waals surface area contributed by atoms with Crippen LogP contribution in [0.5, 0.6) is 11.5 Å². The molecule has 0 bridgehead atoms. The Bertz CT molecular complexity index is 2530. The summed E-state index contributed by atoms with van der Waals surface area (Å²) in [6, 6.07) is 15.1. The monoisotopic (exact) mass is 858 g/mol. The van der Waals surface area contributed by atoms with Crippen molar-refractivity contribution >= 4 is 24.0 Å². The van der Waals surface area contributed by atoms with Crippen LogP contribution in [0.2, 0.25) is 0 Å². The molecule has 2 fully saturated rings. The number of ether oxygens (including phenoxy) is 4. The van der Waals surface area contributed by atoms with Crippen LogP contribution >= 0.6 is 0 Å². The maximum Gasteiger partial charge on any atom is 0.407 e. The van der Waals surface area contributed by atoms with Crippen molar-refractivity contribution in [3.63, 3.8) is 0 Å². The van der Waals surface area contributed by atoms with Gasteiger partial charge in [-0.1, -0.05) is 51.1 Å². The summed E-state index contributed by atoms with van der Waals surface area (Å²) in [4.78, 5) is 72.8. The minimum Gasteiger partial charge on any atom is -0.488 e. The quantitative estimate of drug-likeness (QED) is 0.109. The number of amides is 4. The summed E-state index contributed by atoms with van der Waals surface area (Å²) < 4.78 is 22.6. The van der Waals surface area contributed by atoms with Gasteiger partial charge in [0.2, 0.25) is 5.91 Å². The number of rotatable bonds is 10. The highest BCUT2D eigenvalue weighted by Crippen LogP contribution is 2.51. The maximum absolute atomic E-state index is 14.2. The van der Waals surface area contributed by atoms with E-state index in [0.717, 1.165) is 69.1 Å². The third kappa shape index (κ3) is 7.71. The Labute approximate surface area is 366 Å². The number of aromatic amines is 2. The molecule has 16 heteroatoms. The molecular formula is C47H54N8O8. The summed E-state index contributed by atoms with van der Waals surface area (Å²) in [6.07, 6.45) is 4.51. The lowest BCUT2D eigenvalue weighted by Crippen LogP contribution is -2.52. The van der Waals surface area contributed by atoms with Gasteiger partial charge in [0.05, 0.1) is 50.1 Å². The lowest BCUT2D eigenvalue weighted by molar-refractivity contribution is -0.137. The molecule has 3 unspecified atom stereocenters. The Morgan fingerprint density at radius 2 is 1.35 bits per heavy atom. The molecule has 2 aromatic heterocycles. The van der Waals surface area contributed by atoms with Crippen molar-refractivity contribution in [3.05, 3.63) is 95.3 Å². The summed E-state index contributed by atoms with van der Waals surface area (Å²) >= 11 is 0. The molecule has 9 rings (SSSR count). The number of likely N-dealkylation sites (tertiary alicyclic amines) is 2. The van der Waals surface area contributed by atoms with E-state index in [1.165, 1.54) is 14.2 Å². The zero-order valence-electron chi connectivity index (χ0n) is 36.2. The van der Waals surface area contributed by atoms with Crippen molar-refractivity contribution in [2.75, 3.05) is 20.8 Å². The molecule has 3 aromatic carbocycles. The predicted molar refractivity (Wildman–Crippen MR) is 233 cm³/mol. The SMILES string of the molecule is COC(=O)NC(C(=O)N1CC(C)C[C@H]1c1ncc(-c2cc3c4c(c2)OCc2cc(-c5cnc([C@@H]6CC[C@H](C)N6C(=O)C(NC(=O)OC)C(C)C)[nH]5)cc(c2-4)OC3)[nH]1)c1ccccc1.[HH]. The van der Waals surface area contributed by atoms with Crippen LogP contribution < -0.4 is 20.1 Å². The fourth-order valence-corrected chi connectivity index (χ4v) is 9.60. The number of nitrogens with one attached hydrogen (secondary N) is 4. The molecule has 0 saturated carbocycles. The smallest absolute Gasteiger partial charge is 0.407 e. The molecule has 6 atom stereocenters. The van der Waals surface area contributed by atoms with Crippen LogP contribution in [0, 0.1) is 11.8 Å². The van der Waals surface area contributed by atoms with Crippen LogP contribution in [0.15, 0.2) is 67.0 Å². The van der Waals surface area contributed by atoms with Gasteiger partial charge in [-0.25, -0.2) is 19.6 Å². The molecule has 4 amide bonds. The van der Waals surface area contributed by atoms with Crippen molar-refractivity contribution in [1.82, 2.24) is 40.4 Å². The first-order chi connectivity index (χ1) is 30.4. The minimum absolute atomic E-state index is 0. The summed E-state index contributed by atoms with van der Waals surface area (Å²) in [6.45, 7) is 9.10. The van der Waals surface area contributed by atoms with Gasteiger partial charge in [0.1, 0.15) is 48.4 Å². The fourth-order valence-electron chi connectivity index (χ4n) is 9.60. The molecule has 5 aromatic rings. The minimum atomic E-state index is -0.918. The Balaban J connectivity index is 0.00000560. The molecule has 2 saturated heterocycles. The van der Waals surface area contributed by atoms with E-state index in [-0.39, 0.29) is 43.2 Å². The van der Waals surface area contributed by atoms with E-state index in [2.05, 4.69) is 39.7 Å². The topological polar surface area (TPSA) is 193 Å². The van der Waals surface area contributed by atoms with Gasteiger partial charge in [0, 0.05) is 47.4 Å². The second kappa shape index (κ2) is 16.8. The van der Waals surface area contributed by atoms with Gasteiger partial charge in [-0.3, -0.25) is 9.59 Å². The summed E-state index contributed by atoms with van der Waals surface area (Å²) in [5.41, 5.74) is 7.98. The van der Waals surface area contributed by atoms with Gasteiger partial charge >= 0.3 is 12.2 Å². The van der Waals surface area contributed by atoms with Crippen molar-refractivity contribution in [3.8, 4) is 45.1 Å². The van der Waals surface area contributed by atoms with Gasteiger partial charge in [0.25, 0.3) is 5.91 Å². The number of aromatic nitrogens is 4. The molecule has 16 nitrogen and oxygen atoms in total. The number of H-pyrrole nitrogens is 2. The number of hydrogen-bond acceptors (Lipinski definition) is 10. The molecule has 6 heterocycles. The van der Waals surface area contributed by atoms with Crippen molar-refractivity contribution in [2.24, 2.45) is 11.8 Å². The Hall–Kier alpha value is -6.84. The highest BCUT2D eigenvalue weighted by molar-refractivity contribution is 5.90. The fraction of sp³-hybridized carbons (Fsp3) is 0.404. The standard InChI is InChI=1S/C47H52N8O8.H2/c1-24(2)40(52-46(58)60-5)45(57)55-26(4)12-13-34(55)42-48-19-32(50-42)28-15-30-22-63-37-18-29(16-31-23-62-36(17-28)38(30)39(31)37)33-20-49-43(51-33)35-14-25(3)21-54(35)44(56)41(53-47(59)61-6)27-10-8-7-9-11-27;/h7-11,15-20,24-26,34-35,40-41H,12-14,21-23H2,1-6H3,(H,48,50)(H,49,51)(H,52,58)(H,53,59);1H/t25?,26-,34-,35-,40?,41?;/m0./s1. The predicted octanol–water partition coefficient (Wildman–Crippen LogP) is 7.60. The molecule has 330 valence electrons. The zero-order valence-corrected chi connectivity index (χ0v) is 36.2. The molecule has 0 spiro atoms. The molecule has 4 aliphatic rings. The first-order valence-corrected chi connectivity index (χ1v) is 21.5. The largest absolute Gasteiger partial charge is 0.488 e. The lowest BCUT2D eigenvalue weighted by atomic mass is 9.87. The van der Waals surface area contributed by atoms with Gasteiger partial charge < -0.3 is 49.3 Å². The number of nitrogens with zero attached hydrogens (tertiary/aromatic N) is 4. The highest BCUT2D eigenvalue weighted by Gasteiger charge is 2.42. The third-order valence-corrected chi connectivity index (χ3v) is 12.8. The van der Waals surface area contributed by atoms with Gasteiger partial charge in [-0.05, 0) is 67.9 Å². The number of benzene rings is 3. The van der Waals surface area contributed by atoms with Crippen molar-refractivity contribution < 1.29 is 39.6 Å². The van der Waals surface area contributed by atoms with Crippen LogP contribution in [0.3, 0.4) is 0 Å². The summed E-state index contributed by atoms with van der Waals surface area (Å²) in [5, 5.41) is 5.46. The first-order valence-electron chi connectivity index (χ1n) is 21.5. The number of alkyl carbamates (subject to hydrolysis) is 2. The van der Waals surface area contributed by atoms with E-state index in [1.54, 1.807) is 17.3 Å².